The lowest BCUT2D eigenvalue weighted by Gasteiger charge is -2.20. The fraction of sp³-hybridized carbons (Fsp3) is 0.529. The van der Waals surface area contributed by atoms with Crippen molar-refractivity contribution in [3.8, 4) is 0 Å². The van der Waals surface area contributed by atoms with Crippen LogP contribution in [0.4, 0.5) is 0 Å². The molecule has 1 aromatic carbocycles. The predicted octanol–water partition coefficient (Wildman–Crippen LogP) is 4.78. The summed E-state index contributed by atoms with van der Waals surface area (Å²) >= 11 is 0. The van der Waals surface area contributed by atoms with Crippen molar-refractivity contribution >= 4 is 0 Å². The number of rotatable bonds is 9. The first kappa shape index (κ1) is 15.0. The van der Waals surface area contributed by atoms with E-state index in [1.807, 2.05) is 6.08 Å². The van der Waals surface area contributed by atoms with Gasteiger partial charge in [-0.25, -0.2) is 0 Å². The second kappa shape index (κ2) is 8.93. The highest BCUT2D eigenvalue weighted by molar-refractivity contribution is 5.28. The lowest BCUT2D eigenvalue weighted by Crippen LogP contribution is -2.21. The molecule has 0 aliphatic carbocycles. The van der Waals surface area contributed by atoms with E-state index in [-0.39, 0.29) is 0 Å². The van der Waals surface area contributed by atoms with E-state index in [1.165, 1.54) is 36.8 Å². The largest absolute Gasteiger partial charge is 0.310 e. The van der Waals surface area contributed by atoms with Gasteiger partial charge in [-0.05, 0) is 43.9 Å². The minimum absolute atomic E-state index is 0.514. The van der Waals surface area contributed by atoms with E-state index in [0.717, 1.165) is 13.0 Å². The Hall–Kier alpha value is -1.08. The van der Waals surface area contributed by atoms with Crippen molar-refractivity contribution in [1.82, 2.24) is 5.32 Å². The Kier molecular flexibility index (Phi) is 7.43. The number of nitrogens with one attached hydrogen (secondary N) is 1. The van der Waals surface area contributed by atoms with Gasteiger partial charge in [0.25, 0.3) is 0 Å². The van der Waals surface area contributed by atoms with E-state index in [4.69, 9.17) is 0 Å². The molecule has 0 saturated heterocycles. The quantitative estimate of drug-likeness (QED) is 0.487. The number of allylic oxidation sites excluding steroid dienone is 1. The van der Waals surface area contributed by atoms with Crippen LogP contribution in [0.2, 0.25) is 0 Å². The first-order valence-corrected chi connectivity index (χ1v) is 7.19. The van der Waals surface area contributed by atoms with Gasteiger partial charge in [0.15, 0.2) is 0 Å². The zero-order valence-corrected chi connectivity index (χ0v) is 11.9. The third kappa shape index (κ3) is 5.05. The first-order chi connectivity index (χ1) is 8.79. The van der Waals surface area contributed by atoms with Gasteiger partial charge in [0.1, 0.15) is 0 Å². The molecule has 18 heavy (non-hydrogen) atoms. The molecule has 0 saturated carbocycles. The maximum absolute atomic E-state index is 3.77. The van der Waals surface area contributed by atoms with Crippen molar-refractivity contribution in [2.75, 3.05) is 6.54 Å². The molecule has 0 spiro atoms. The molecular weight excluding hydrogens is 218 g/mol. The summed E-state index contributed by atoms with van der Waals surface area (Å²) in [6.45, 7) is 9.19. The van der Waals surface area contributed by atoms with Gasteiger partial charge in [-0.1, -0.05) is 50.1 Å². The summed E-state index contributed by atoms with van der Waals surface area (Å²) in [5.41, 5.74) is 2.86. The molecule has 1 nitrogen and oxygen atoms in total. The second-order valence-electron chi connectivity index (χ2n) is 4.89. The smallest absolute Gasteiger partial charge is 0.0322 e. The van der Waals surface area contributed by atoms with Crippen LogP contribution in [0.25, 0.3) is 0 Å². The predicted molar refractivity (Wildman–Crippen MR) is 80.9 cm³/mol. The van der Waals surface area contributed by atoms with E-state index in [1.54, 1.807) is 0 Å². The minimum Gasteiger partial charge on any atom is -0.310 e. The van der Waals surface area contributed by atoms with Crippen LogP contribution in [-0.4, -0.2) is 6.54 Å². The zero-order valence-electron chi connectivity index (χ0n) is 11.9. The average molecular weight is 245 g/mol. The highest BCUT2D eigenvalue weighted by Crippen LogP contribution is 2.23. The van der Waals surface area contributed by atoms with Crippen molar-refractivity contribution in [2.24, 2.45) is 0 Å². The normalized spacial score (nSPS) is 12.3. The van der Waals surface area contributed by atoms with Gasteiger partial charge >= 0.3 is 0 Å². The second-order valence-corrected chi connectivity index (χ2v) is 4.89. The molecule has 0 aliphatic heterocycles. The fourth-order valence-corrected chi connectivity index (χ4v) is 2.41. The zero-order chi connectivity index (χ0) is 13.2. The van der Waals surface area contributed by atoms with Crippen molar-refractivity contribution in [3.05, 3.63) is 48.0 Å². The fourth-order valence-electron chi connectivity index (χ4n) is 2.41. The summed E-state index contributed by atoms with van der Waals surface area (Å²) in [5.74, 6) is 0. The van der Waals surface area contributed by atoms with Gasteiger partial charge in [-0.15, -0.1) is 6.58 Å². The summed E-state index contributed by atoms with van der Waals surface area (Å²) < 4.78 is 0. The Balaban J connectivity index is 2.49. The van der Waals surface area contributed by atoms with Crippen molar-refractivity contribution in [1.29, 1.82) is 0 Å². The molecule has 0 bridgehead atoms. The molecule has 0 amide bonds. The molecule has 1 unspecified atom stereocenters. The molecule has 0 heterocycles. The van der Waals surface area contributed by atoms with Crippen molar-refractivity contribution in [3.63, 3.8) is 0 Å². The Morgan fingerprint density at radius 3 is 2.67 bits per heavy atom. The summed E-state index contributed by atoms with van der Waals surface area (Å²) in [6, 6.07) is 9.24. The molecule has 1 aromatic rings. The van der Waals surface area contributed by atoms with Crippen LogP contribution in [0.5, 0.6) is 0 Å². The van der Waals surface area contributed by atoms with E-state index < -0.39 is 0 Å². The van der Waals surface area contributed by atoms with E-state index in [9.17, 15) is 0 Å². The maximum atomic E-state index is 3.77. The molecule has 1 N–H and O–H groups in total. The van der Waals surface area contributed by atoms with Crippen LogP contribution in [0.1, 0.15) is 56.2 Å². The van der Waals surface area contributed by atoms with Gasteiger partial charge in [-0.2, -0.15) is 0 Å². The lowest BCUT2D eigenvalue weighted by molar-refractivity contribution is 0.482. The molecule has 1 atom stereocenters. The molecule has 1 heteroatoms. The molecular formula is C17H27N. The van der Waals surface area contributed by atoms with Crippen LogP contribution in [-0.2, 0) is 0 Å². The van der Waals surface area contributed by atoms with Gasteiger partial charge < -0.3 is 5.32 Å². The summed E-state index contributed by atoms with van der Waals surface area (Å²) in [5, 5.41) is 3.61. The van der Waals surface area contributed by atoms with Gasteiger partial charge in [0, 0.05) is 6.04 Å². The van der Waals surface area contributed by atoms with E-state index in [0.29, 0.717) is 6.04 Å². The van der Waals surface area contributed by atoms with Gasteiger partial charge in [0.2, 0.25) is 0 Å². The number of aryl methyl sites for hydroxylation is 1. The third-order valence-corrected chi connectivity index (χ3v) is 3.42. The first-order valence-electron chi connectivity index (χ1n) is 7.19. The Morgan fingerprint density at radius 1 is 1.22 bits per heavy atom. The highest BCUT2D eigenvalue weighted by atomic mass is 14.9. The van der Waals surface area contributed by atoms with Crippen LogP contribution < -0.4 is 5.32 Å². The Morgan fingerprint density at radius 2 is 2.00 bits per heavy atom. The van der Waals surface area contributed by atoms with Crippen molar-refractivity contribution < 1.29 is 0 Å². The highest BCUT2D eigenvalue weighted by Gasteiger charge is 2.11. The van der Waals surface area contributed by atoms with Crippen LogP contribution >= 0.6 is 0 Å². The summed E-state index contributed by atoms with van der Waals surface area (Å²) in [6.07, 6.45) is 8.27. The number of benzene rings is 1. The topological polar surface area (TPSA) is 12.0 Å². The number of hydrogen-bond acceptors (Lipinski definition) is 1. The Labute approximate surface area is 112 Å². The minimum atomic E-state index is 0.514. The van der Waals surface area contributed by atoms with Gasteiger partial charge in [-0.3, -0.25) is 0 Å². The summed E-state index contributed by atoms with van der Waals surface area (Å²) in [7, 11) is 0. The molecule has 0 fully saturated rings. The van der Waals surface area contributed by atoms with Gasteiger partial charge in [0.05, 0.1) is 0 Å². The molecule has 1 rings (SSSR count). The molecule has 0 radical (unpaired) electrons. The van der Waals surface area contributed by atoms with Crippen LogP contribution in [0.15, 0.2) is 36.9 Å². The Bertz CT molecular complexity index is 343. The lowest BCUT2D eigenvalue weighted by atomic mass is 9.96. The van der Waals surface area contributed by atoms with E-state index in [2.05, 4.69) is 50.0 Å². The van der Waals surface area contributed by atoms with Crippen LogP contribution in [0.3, 0.4) is 0 Å². The SMILES string of the molecule is C=CCCCCCC(NCC)c1ccccc1C. The standard InChI is InChI=1S/C17H27N/c1-4-6-7-8-9-14-17(18-5-2)16-13-11-10-12-15(16)3/h4,10-13,17-18H,1,5-9,14H2,2-3H3. The third-order valence-electron chi connectivity index (χ3n) is 3.42. The van der Waals surface area contributed by atoms with Crippen LogP contribution in [0, 0.1) is 6.92 Å². The summed E-state index contributed by atoms with van der Waals surface area (Å²) in [4.78, 5) is 0. The number of unbranched alkanes of at least 4 members (excludes halogenated alkanes) is 3. The van der Waals surface area contributed by atoms with E-state index >= 15 is 0 Å². The molecule has 0 aromatic heterocycles. The average Bonchev–Trinajstić information content (AvgIpc) is 2.38. The monoisotopic (exact) mass is 245 g/mol. The van der Waals surface area contributed by atoms with Crippen molar-refractivity contribution in [2.45, 2.75) is 52.0 Å². The molecule has 0 aliphatic rings. The number of hydrogen-bond donors (Lipinski definition) is 1. The molecule has 100 valence electrons. The maximum Gasteiger partial charge on any atom is 0.0322 e.